The Kier molecular flexibility index (Phi) is 8.06. The molecule has 2 N–H and O–H groups in total. The average Bonchev–Trinajstić information content (AvgIpc) is 2.42. The van der Waals surface area contributed by atoms with E-state index in [1.54, 1.807) is 0 Å². The fourth-order valence-corrected chi connectivity index (χ4v) is 2.53. The molecule has 1 aromatic carbocycles. The van der Waals surface area contributed by atoms with Crippen LogP contribution in [-0.4, -0.2) is 24.8 Å². The first-order chi connectivity index (χ1) is 10.7. The number of nitrogens with one attached hydrogen (secondary N) is 2. The van der Waals surface area contributed by atoms with Gasteiger partial charge in [0.1, 0.15) is 5.60 Å². The maximum atomic E-state index is 11.8. The van der Waals surface area contributed by atoms with E-state index in [2.05, 4.69) is 46.5 Å². The number of carbonyl (C=O) groups excluding carboxylic acids is 1. The van der Waals surface area contributed by atoms with Crippen LogP contribution in [0.25, 0.3) is 0 Å². The van der Waals surface area contributed by atoms with Crippen LogP contribution in [0.5, 0.6) is 0 Å². The Morgan fingerprint density at radius 1 is 1.22 bits per heavy atom. The summed E-state index contributed by atoms with van der Waals surface area (Å²) in [6, 6.07) is 8.18. The second kappa shape index (κ2) is 9.28. The Bertz CT molecular complexity index is 498. The molecule has 5 heteroatoms. The lowest BCUT2D eigenvalue weighted by molar-refractivity contribution is 0.0515. The first kappa shape index (κ1) is 20.0. The van der Waals surface area contributed by atoms with Crippen molar-refractivity contribution in [2.24, 2.45) is 11.8 Å². The minimum Gasteiger partial charge on any atom is -0.444 e. The summed E-state index contributed by atoms with van der Waals surface area (Å²) < 4.78 is 6.39. The maximum absolute atomic E-state index is 11.8. The zero-order valence-electron chi connectivity index (χ0n) is 14.8. The summed E-state index contributed by atoms with van der Waals surface area (Å²) in [5, 5.41) is 6.34. The number of amides is 1. The highest BCUT2D eigenvalue weighted by Crippen LogP contribution is 2.16. The molecule has 0 fully saturated rings. The van der Waals surface area contributed by atoms with Gasteiger partial charge >= 0.3 is 6.09 Å². The van der Waals surface area contributed by atoms with Gasteiger partial charge in [0, 0.05) is 24.1 Å². The van der Waals surface area contributed by atoms with E-state index in [0.717, 1.165) is 17.6 Å². The van der Waals surface area contributed by atoms with Crippen molar-refractivity contribution in [3.05, 3.63) is 34.3 Å². The van der Waals surface area contributed by atoms with Crippen molar-refractivity contribution >= 4 is 22.0 Å². The van der Waals surface area contributed by atoms with E-state index in [-0.39, 0.29) is 6.09 Å². The Morgan fingerprint density at radius 3 is 2.43 bits per heavy atom. The van der Waals surface area contributed by atoms with Crippen LogP contribution in [0.3, 0.4) is 0 Å². The number of alkyl carbamates (subject to hydrolysis) is 1. The maximum Gasteiger partial charge on any atom is 0.407 e. The number of hydrogen-bond acceptors (Lipinski definition) is 3. The molecule has 1 aromatic rings. The summed E-state index contributed by atoms with van der Waals surface area (Å²) in [7, 11) is 0. The predicted molar refractivity (Wildman–Crippen MR) is 98.4 cm³/mol. The lowest BCUT2D eigenvalue weighted by Crippen LogP contribution is -2.39. The average molecular weight is 385 g/mol. The lowest BCUT2D eigenvalue weighted by Gasteiger charge is -2.24. The number of halogens is 1. The van der Waals surface area contributed by atoms with E-state index in [1.807, 2.05) is 39.0 Å². The van der Waals surface area contributed by atoms with Gasteiger partial charge in [-0.15, -0.1) is 0 Å². The zero-order chi connectivity index (χ0) is 17.5. The van der Waals surface area contributed by atoms with Gasteiger partial charge in [0.05, 0.1) is 0 Å². The summed E-state index contributed by atoms with van der Waals surface area (Å²) in [6.07, 6.45) is -0.353. The molecule has 0 spiro atoms. The summed E-state index contributed by atoms with van der Waals surface area (Å²) in [6.45, 7) is 12.2. The largest absolute Gasteiger partial charge is 0.444 e. The first-order valence-electron chi connectivity index (χ1n) is 8.10. The van der Waals surface area contributed by atoms with Crippen LogP contribution in [0.1, 0.15) is 40.2 Å². The smallest absolute Gasteiger partial charge is 0.407 e. The van der Waals surface area contributed by atoms with E-state index in [1.165, 1.54) is 5.56 Å². The molecule has 0 saturated carbocycles. The van der Waals surface area contributed by atoms with Gasteiger partial charge in [-0.05, 0) is 44.2 Å². The zero-order valence-corrected chi connectivity index (χ0v) is 16.4. The van der Waals surface area contributed by atoms with E-state index in [0.29, 0.717) is 18.4 Å². The Morgan fingerprint density at radius 2 is 1.87 bits per heavy atom. The predicted octanol–water partition coefficient (Wildman–Crippen LogP) is 4.34. The molecule has 0 saturated heterocycles. The van der Waals surface area contributed by atoms with Crippen LogP contribution < -0.4 is 10.6 Å². The monoisotopic (exact) mass is 384 g/mol. The SMILES string of the molecule is CC(C)C(CNCc1ccccc1Br)CNC(=O)OC(C)(C)C. The van der Waals surface area contributed by atoms with Gasteiger partial charge in [-0.25, -0.2) is 4.79 Å². The molecule has 1 rings (SSSR count). The number of rotatable bonds is 7. The molecular weight excluding hydrogens is 356 g/mol. The molecule has 0 aliphatic heterocycles. The molecule has 4 nitrogen and oxygen atoms in total. The van der Waals surface area contributed by atoms with Crippen LogP contribution in [-0.2, 0) is 11.3 Å². The molecule has 0 heterocycles. The van der Waals surface area contributed by atoms with E-state index in [9.17, 15) is 4.79 Å². The highest BCUT2D eigenvalue weighted by atomic mass is 79.9. The van der Waals surface area contributed by atoms with Crippen molar-refractivity contribution in [3.63, 3.8) is 0 Å². The first-order valence-corrected chi connectivity index (χ1v) is 8.89. The fourth-order valence-electron chi connectivity index (χ4n) is 2.11. The van der Waals surface area contributed by atoms with Crippen molar-refractivity contribution in [1.29, 1.82) is 0 Å². The summed E-state index contributed by atoms with van der Waals surface area (Å²) >= 11 is 3.56. The molecule has 1 atom stereocenters. The topological polar surface area (TPSA) is 50.4 Å². The summed E-state index contributed by atoms with van der Waals surface area (Å²) in [5.74, 6) is 0.821. The van der Waals surface area contributed by atoms with Crippen molar-refractivity contribution < 1.29 is 9.53 Å². The quantitative estimate of drug-likeness (QED) is 0.734. The molecular formula is C18H29BrN2O2. The third-order valence-electron chi connectivity index (χ3n) is 3.53. The number of ether oxygens (including phenoxy) is 1. The molecule has 1 unspecified atom stereocenters. The Balaban J connectivity index is 2.41. The standard InChI is InChI=1S/C18H29BrN2O2/c1-13(2)15(12-21-17(22)23-18(3,4)5)11-20-10-14-8-6-7-9-16(14)19/h6-9,13,15,20H,10-12H2,1-5H3,(H,21,22). The minimum absolute atomic E-state index is 0.352. The van der Waals surface area contributed by atoms with Crippen LogP contribution in [0.4, 0.5) is 4.79 Å². The molecule has 0 aromatic heterocycles. The van der Waals surface area contributed by atoms with E-state index < -0.39 is 5.60 Å². The highest BCUT2D eigenvalue weighted by Gasteiger charge is 2.19. The van der Waals surface area contributed by atoms with Gasteiger partial charge in [-0.1, -0.05) is 48.0 Å². The van der Waals surface area contributed by atoms with Gasteiger partial charge in [0.15, 0.2) is 0 Å². The van der Waals surface area contributed by atoms with E-state index in [4.69, 9.17) is 4.74 Å². The Labute approximate surface area is 148 Å². The lowest BCUT2D eigenvalue weighted by atomic mass is 9.95. The molecule has 0 bridgehead atoms. The molecule has 23 heavy (non-hydrogen) atoms. The number of hydrogen-bond donors (Lipinski definition) is 2. The molecule has 0 radical (unpaired) electrons. The molecule has 0 aliphatic rings. The van der Waals surface area contributed by atoms with Gasteiger partial charge in [-0.2, -0.15) is 0 Å². The van der Waals surface area contributed by atoms with Crippen LogP contribution >= 0.6 is 15.9 Å². The fraction of sp³-hybridized carbons (Fsp3) is 0.611. The molecule has 130 valence electrons. The van der Waals surface area contributed by atoms with E-state index >= 15 is 0 Å². The van der Waals surface area contributed by atoms with Crippen LogP contribution in [0, 0.1) is 11.8 Å². The molecule has 0 aliphatic carbocycles. The van der Waals surface area contributed by atoms with Crippen molar-refractivity contribution in [2.45, 2.75) is 46.8 Å². The molecule has 1 amide bonds. The summed E-state index contributed by atoms with van der Waals surface area (Å²) in [4.78, 5) is 11.8. The van der Waals surface area contributed by atoms with Gasteiger partial charge in [0.25, 0.3) is 0 Å². The third-order valence-corrected chi connectivity index (χ3v) is 4.30. The van der Waals surface area contributed by atoms with Gasteiger partial charge < -0.3 is 15.4 Å². The minimum atomic E-state index is -0.463. The normalized spacial score (nSPS) is 13.0. The van der Waals surface area contributed by atoms with Crippen molar-refractivity contribution in [2.75, 3.05) is 13.1 Å². The van der Waals surface area contributed by atoms with Crippen LogP contribution in [0.2, 0.25) is 0 Å². The second-order valence-electron chi connectivity index (χ2n) is 7.11. The number of carbonyl (C=O) groups is 1. The third kappa shape index (κ3) is 8.37. The van der Waals surface area contributed by atoms with Crippen LogP contribution in [0.15, 0.2) is 28.7 Å². The van der Waals surface area contributed by atoms with Gasteiger partial charge in [0.2, 0.25) is 0 Å². The Hall–Kier alpha value is -1.07. The van der Waals surface area contributed by atoms with Gasteiger partial charge in [-0.3, -0.25) is 0 Å². The second-order valence-corrected chi connectivity index (χ2v) is 7.96. The van der Waals surface area contributed by atoms with Crippen molar-refractivity contribution in [1.82, 2.24) is 10.6 Å². The number of benzene rings is 1. The van der Waals surface area contributed by atoms with Crippen molar-refractivity contribution in [3.8, 4) is 0 Å². The summed E-state index contributed by atoms with van der Waals surface area (Å²) in [5.41, 5.74) is 0.769. The highest BCUT2D eigenvalue weighted by molar-refractivity contribution is 9.10.